The van der Waals surface area contributed by atoms with Crippen molar-refractivity contribution in [2.45, 2.75) is 50.6 Å². The maximum absolute atomic E-state index is 2.71. The lowest BCUT2D eigenvalue weighted by Gasteiger charge is -2.32. The summed E-state index contributed by atoms with van der Waals surface area (Å²) in [7, 11) is 0. The van der Waals surface area contributed by atoms with Gasteiger partial charge in [0.1, 0.15) is 0 Å². The molecule has 8 rings (SSSR count). The van der Waals surface area contributed by atoms with E-state index in [2.05, 4.69) is 134 Å². The zero-order valence-electron chi connectivity index (χ0n) is 22.1. The summed E-state index contributed by atoms with van der Waals surface area (Å²) in [4.78, 5) is 0. The van der Waals surface area contributed by atoms with Gasteiger partial charge in [0.05, 0.1) is 5.54 Å². The number of aryl methyl sites for hydroxylation is 1. The third-order valence-electron chi connectivity index (χ3n) is 10.5. The Bertz CT molecular complexity index is 1670. The van der Waals surface area contributed by atoms with Crippen molar-refractivity contribution in [1.82, 2.24) is 4.57 Å². The van der Waals surface area contributed by atoms with Crippen molar-refractivity contribution in [3.05, 3.63) is 131 Å². The summed E-state index contributed by atoms with van der Waals surface area (Å²) >= 11 is 0. The Hall–Kier alpha value is -3.65. The molecule has 5 unspecified atom stereocenters. The van der Waals surface area contributed by atoms with Crippen LogP contribution in [-0.4, -0.2) is 21.4 Å². The number of allylic oxidation sites excluding steroid dienone is 1. The highest BCUT2D eigenvalue weighted by atomic mass is 15.2. The topological polar surface area (TPSA) is 7.94 Å². The molecular weight excluding hydrogens is 448 g/mol. The minimum absolute atomic E-state index is 0.0480. The molecule has 0 radical (unpaired) electrons. The number of aromatic nitrogens is 1. The molecule has 4 aliphatic rings. The van der Waals surface area contributed by atoms with Gasteiger partial charge in [0.2, 0.25) is 5.71 Å². The van der Waals surface area contributed by atoms with Crippen molar-refractivity contribution in [2.24, 2.45) is 5.92 Å². The van der Waals surface area contributed by atoms with E-state index in [4.69, 9.17) is 0 Å². The van der Waals surface area contributed by atoms with E-state index >= 15 is 0 Å². The molecule has 1 saturated carbocycles. The van der Waals surface area contributed by atoms with E-state index in [1.807, 2.05) is 0 Å². The lowest BCUT2D eigenvalue weighted by atomic mass is 9.78. The monoisotopic (exact) mass is 481 g/mol. The molecule has 4 heterocycles. The van der Waals surface area contributed by atoms with Crippen LogP contribution in [0.1, 0.15) is 60.5 Å². The van der Waals surface area contributed by atoms with Crippen LogP contribution in [0.25, 0.3) is 11.3 Å². The van der Waals surface area contributed by atoms with Gasteiger partial charge in [0, 0.05) is 51.4 Å². The van der Waals surface area contributed by atoms with E-state index in [1.54, 1.807) is 5.56 Å². The molecule has 2 nitrogen and oxygen atoms in total. The average molecular weight is 482 g/mol. The van der Waals surface area contributed by atoms with Gasteiger partial charge in [0.25, 0.3) is 0 Å². The molecule has 182 valence electrons. The van der Waals surface area contributed by atoms with Crippen molar-refractivity contribution in [2.75, 3.05) is 6.54 Å². The van der Waals surface area contributed by atoms with Crippen LogP contribution in [0, 0.1) is 12.8 Å². The normalized spacial score (nSPS) is 30.6. The van der Waals surface area contributed by atoms with Gasteiger partial charge in [-0.05, 0) is 67.8 Å². The van der Waals surface area contributed by atoms with Gasteiger partial charge in [-0.3, -0.25) is 0 Å². The van der Waals surface area contributed by atoms with Gasteiger partial charge in [0.15, 0.2) is 12.6 Å². The number of hydrogen-bond acceptors (Lipinski definition) is 0. The van der Waals surface area contributed by atoms with Crippen LogP contribution in [0.2, 0.25) is 0 Å². The van der Waals surface area contributed by atoms with Crippen molar-refractivity contribution < 1.29 is 4.58 Å². The van der Waals surface area contributed by atoms with Crippen molar-refractivity contribution >= 4 is 5.71 Å². The number of fused-ring (bicyclic) bond motifs is 9. The first-order chi connectivity index (χ1) is 18.0. The Morgan fingerprint density at radius 3 is 2.38 bits per heavy atom. The highest BCUT2D eigenvalue weighted by molar-refractivity contribution is 6.10. The quantitative estimate of drug-likeness (QED) is 0.264. The molecule has 0 spiro atoms. The van der Waals surface area contributed by atoms with E-state index in [0.717, 1.165) is 6.54 Å². The highest BCUT2D eigenvalue weighted by Gasteiger charge is 2.78. The van der Waals surface area contributed by atoms with Gasteiger partial charge < -0.3 is 4.57 Å². The van der Waals surface area contributed by atoms with Crippen LogP contribution in [0.4, 0.5) is 0 Å². The van der Waals surface area contributed by atoms with Gasteiger partial charge in [-0.15, -0.1) is 0 Å². The number of rotatable bonds is 2. The standard InChI is InChI=1S/C35H33N2/c1-22-12-10-17-28-31(22)29-18-11-19-37(29)35(4)33(34(28,35)3)27-21-36-30(26-16-9-8-15-25(26)27)20-23(2)32(36)24-13-6-5-7-14-24/h5-20,27,30,33H,21H2,1-4H3/q+1. The lowest BCUT2D eigenvalue weighted by molar-refractivity contribution is -0.564. The van der Waals surface area contributed by atoms with E-state index in [1.165, 1.54) is 44.8 Å². The number of benzene rings is 3. The van der Waals surface area contributed by atoms with Crippen molar-refractivity contribution in [3.63, 3.8) is 0 Å². The zero-order chi connectivity index (χ0) is 25.1. The third-order valence-corrected chi connectivity index (χ3v) is 10.5. The van der Waals surface area contributed by atoms with Gasteiger partial charge in [-0.2, -0.15) is 0 Å². The molecule has 3 aromatic carbocycles. The molecule has 1 aliphatic carbocycles. The fraction of sp³-hybridized carbons (Fsp3) is 0.286. The van der Waals surface area contributed by atoms with Crippen LogP contribution in [-0.2, 0) is 11.0 Å². The van der Waals surface area contributed by atoms with Crippen LogP contribution in [0.5, 0.6) is 0 Å². The summed E-state index contributed by atoms with van der Waals surface area (Å²) in [5.74, 6) is 0.955. The van der Waals surface area contributed by atoms with Crippen LogP contribution >= 0.6 is 0 Å². The second-order valence-corrected chi connectivity index (χ2v) is 12.0. The zero-order valence-corrected chi connectivity index (χ0v) is 22.1. The summed E-state index contributed by atoms with van der Waals surface area (Å²) in [6, 6.07) is 32.2. The van der Waals surface area contributed by atoms with E-state index in [9.17, 15) is 0 Å². The van der Waals surface area contributed by atoms with Crippen LogP contribution in [0.3, 0.4) is 0 Å². The summed E-state index contributed by atoms with van der Waals surface area (Å²) in [5, 5.41) is 0. The Morgan fingerprint density at radius 1 is 0.811 bits per heavy atom. The first-order valence-corrected chi connectivity index (χ1v) is 13.7. The molecule has 0 bridgehead atoms. The predicted molar refractivity (Wildman–Crippen MR) is 150 cm³/mol. The van der Waals surface area contributed by atoms with Gasteiger partial charge in [-0.1, -0.05) is 67.6 Å². The molecule has 1 aromatic heterocycles. The largest absolute Gasteiger partial charge is 0.340 e. The first kappa shape index (κ1) is 21.4. The van der Waals surface area contributed by atoms with Crippen LogP contribution in [0.15, 0.2) is 103 Å². The maximum atomic E-state index is 2.71. The SMILES string of the molecule is CC1=CC2c3ccccc3C(C3C4(C)c5cccc(C)c5-c5cccn5C34C)C[N+]2=C1c1ccccc1. The lowest BCUT2D eigenvalue weighted by Crippen LogP contribution is -2.34. The number of hydrogen-bond donors (Lipinski definition) is 0. The predicted octanol–water partition coefficient (Wildman–Crippen LogP) is 7.38. The molecule has 0 amide bonds. The first-order valence-electron chi connectivity index (χ1n) is 13.7. The van der Waals surface area contributed by atoms with E-state index < -0.39 is 0 Å². The minimum atomic E-state index is 0.0480. The fourth-order valence-electron chi connectivity index (χ4n) is 8.82. The second-order valence-electron chi connectivity index (χ2n) is 12.0. The molecule has 4 aromatic rings. The molecule has 2 heteroatoms. The smallest absolute Gasteiger partial charge is 0.210 e. The van der Waals surface area contributed by atoms with Crippen molar-refractivity contribution in [3.8, 4) is 11.3 Å². The maximum Gasteiger partial charge on any atom is 0.210 e. The Labute approximate surface area is 219 Å². The van der Waals surface area contributed by atoms with Crippen LogP contribution < -0.4 is 0 Å². The summed E-state index contributed by atoms with van der Waals surface area (Å²) < 4.78 is 5.33. The Balaban J connectivity index is 1.35. The summed E-state index contributed by atoms with van der Waals surface area (Å²) in [6.45, 7) is 10.7. The fourth-order valence-corrected chi connectivity index (χ4v) is 8.82. The Kier molecular flexibility index (Phi) is 4.06. The van der Waals surface area contributed by atoms with E-state index in [-0.39, 0.29) is 11.0 Å². The summed E-state index contributed by atoms with van der Waals surface area (Å²) in [6.07, 6.45) is 4.83. The van der Waals surface area contributed by atoms with Crippen molar-refractivity contribution in [1.29, 1.82) is 0 Å². The molecule has 5 atom stereocenters. The highest BCUT2D eigenvalue weighted by Crippen LogP contribution is 2.76. The molecule has 3 aliphatic heterocycles. The van der Waals surface area contributed by atoms with Gasteiger partial charge >= 0.3 is 0 Å². The molecule has 1 fully saturated rings. The Morgan fingerprint density at radius 2 is 1.57 bits per heavy atom. The molecule has 0 saturated heterocycles. The average Bonchev–Trinajstić information content (AvgIpc) is 3.26. The van der Waals surface area contributed by atoms with Gasteiger partial charge in [-0.25, -0.2) is 4.58 Å². The molecule has 37 heavy (non-hydrogen) atoms. The molecular formula is C35H33N2+. The summed E-state index contributed by atoms with van der Waals surface area (Å²) in [5.41, 5.74) is 13.0. The minimum Gasteiger partial charge on any atom is -0.340 e. The number of nitrogens with zero attached hydrogens (tertiary/aromatic N) is 2. The van der Waals surface area contributed by atoms with E-state index in [0.29, 0.717) is 17.9 Å². The second kappa shape index (κ2) is 7.01. The third kappa shape index (κ3) is 2.45. The molecule has 0 N–H and O–H groups in total.